The van der Waals surface area contributed by atoms with Crippen molar-refractivity contribution in [3.05, 3.63) is 75.0 Å². The predicted octanol–water partition coefficient (Wildman–Crippen LogP) is 6.28. The Hall–Kier alpha value is -2.14. The summed E-state index contributed by atoms with van der Waals surface area (Å²) in [5, 5.41) is 15.6. The number of hydrogen-bond acceptors (Lipinski definition) is 4. The quantitative estimate of drug-likeness (QED) is 0.479. The molecule has 0 aliphatic heterocycles. The van der Waals surface area contributed by atoms with E-state index in [1.165, 1.54) is 5.56 Å². The van der Waals surface area contributed by atoms with E-state index in [9.17, 15) is 5.11 Å². The van der Waals surface area contributed by atoms with Crippen LogP contribution in [0.5, 0.6) is 0 Å². The monoisotopic (exact) mass is 451 g/mol. The second-order valence-electron chi connectivity index (χ2n) is 8.96. The molecular formula is C25H23Cl2N3O. The van der Waals surface area contributed by atoms with Crippen LogP contribution < -0.4 is 5.32 Å². The van der Waals surface area contributed by atoms with Gasteiger partial charge in [0.1, 0.15) is 5.82 Å². The second-order valence-corrected chi connectivity index (χ2v) is 9.80. The molecule has 0 spiro atoms. The van der Waals surface area contributed by atoms with Crippen LogP contribution in [0.4, 0.5) is 5.82 Å². The first-order valence-electron chi connectivity index (χ1n) is 11.0. The SMILES string of the molecule is O[C@H]1Cc2ccccc2[C@H]1Nc1nc(C2CC2)c(-c2ccc(Cl)cc2Cl)nc1C1CC1. The molecule has 1 heterocycles. The average molecular weight is 452 g/mol. The third kappa shape index (κ3) is 3.61. The third-order valence-electron chi connectivity index (χ3n) is 6.56. The molecule has 2 atom stereocenters. The molecule has 0 bridgehead atoms. The van der Waals surface area contributed by atoms with E-state index in [0.29, 0.717) is 28.3 Å². The van der Waals surface area contributed by atoms with Crippen LogP contribution in [0.25, 0.3) is 11.3 Å². The van der Waals surface area contributed by atoms with Crippen molar-refractivity contribution >= 4 is 29.0 Å². The van der Waals surface area contributed by atoms with Crippen molar-refractivity contribution in [2.45, 2.75) is 56.1 Å². The first kappa shape index (κ1) is 19.5. The van der Waals surface area contributed by atoms with E-state index >= 15 is 0 Å². The summed E-state index contributed by atoms with van der Waals surface area (Å²) in [7, 11) is 0. The van der Waals surface area contributed by atoms with E-state index in [1.54, 1.807) is 6.07 Å². The molecule has 6 rings (SSSR count). The van der Waals surface area contributed by atoms with E-state index < -0.39 is 6.10 Å². The number of fused-ring (bicyclic) bond motifs is 1. The molecule has 0 unspecified atom stereocenters. The minimum Gasteiger partial charge on any atom is -0.390 e. The highest BCUT2D eigenvalue weighted by Gasteiger charge is 2.37. The summed E-state index contributed by atoms with van der Waals surface area (Å²) < 4.78 is 0. The fourth-order valence-electron chi connectivity index (χ4n) is 4.63. The number of aromatic nitrogens is 2. The van der Waals surface area contributed by atoms with E-state index in [1.807, 2.05) is 24.3 Å². The van der Waals surface area contributed by atoms with Crippen LogP contribution in [0, 0.1) is 0 Å². The molecule has 2 N–H and O–H groups in total. The van der Waals surface area contributed by atoms with Gasteiger partial charge < -0.3 is 10.4 Å². The van der Waals surface area contributed by atoms with Crippen LogP contribution in [0.2, 0.25) is 10.0 Å². The molecule has 4 nitrogen and oxygen atoms in total. The number of halogens is 2. The van der Waals surface area contributed by atoms with Gasteiger partial charge in [0.2, 0.25) is 0 Å². The fraction of sp³-hybridized carbons (Fsp3) is 0.360. The van der Waals surface area contributed by atoms with Crippen LogP contribution >= 0.6 is 23.2 Å². The number of anilines is 1. The molecule has 1 aromatic heterocycles. The zero-order chi connectivity index (χ0) is 21.1. The van der Waals surface area contributed by atoms with Crippen molar-refractivity contribution in [1.29, 1.82) is 0 Å². The van der Waals surface area contributed by atoms with Crippen LogP contribution in [0.3, 0.4) is 0 Å². The maximum absolute atomic E-state index is 10.8. The Morgan fingerprint density at radius 2 is 1.65 bits per heavy atom. The first-order valence-corrected chi connectivity index (χ1v) is 11.7. The summed E-state index contributed by atoms with van der Waals surface area (Å²) in [5.74, 6) is 1.63. The Balaban J connectivity index is 1.45. The van der Waals surface area contributed by atoms with Crippen molar-refractivity contribution in [3.8, 4) is 11.3 Å². The van der Waals surface area contributed by atoms with Crippen LogP contribution in [-0.2, 0) is 6.42 Å². The van der Waals surface area contributed by atoms with E-state index in [2.05, 4.69) is 17.4 Å². The van der Waals surface area contributed by atoms with Gasteiger partial charge >= 0.3 is 0 Å². The van der Waals surface area contributed by atoms with Gasteiger partial charge in [-0.2, -0.15) is 0 Å². The fourth-order valence-corrected chi connectivity index (χ4v) is 5.12. The van der Waals surface area contributed by atoms with Crippen molar-refractivity contribution in [3.63, 3.8) is 0 Å². The normalized spacial score (nSPS) is 22.4. The summed E-state index contributed by atoms with van der Waals surface area (Å²) in [6.07, 6.45) is 4.65. The predicted molar refractivity (Wildman–Crippen MR) is 124 cm³/mol. The largest absolute Gasteiger partial charge is 0.390 e. The molecule has 3 aromatic rings. The minimum atomic E-state index is -0.471. The number of hydrogen-bond donors (Lipinski definition) is 2. The maximum Gasteiger partial charge on any atom is 0.148 e. The maximum atomic E-state index is 10.8. The molecule has 0 saturated heterocycles. The zero-order valence-electron chi connectivity index (χ0n) is 17.0. The van der Waals surface area contributed by atoms with Crippen molar-refractivity contribution < 1.29 is 5.11 Å². The molecule has 3 aliphatic carbocycles. The Labute approximate surface area is 191 Å². The van der Waals surface area contributed by atoms with E-state index in [0.717, 1.165) is 59.7 Å². The molecule has 0 radical (unpaired) electrons. The molecule has 2 aromatic carbocycles. The smallest absolute Gasteiger partial charge is 0.148 e. The average Bonchev–Trinajstić information content (AvgIpc) is 3.66. The van der Waals surface area contributed by atoms with Gasteiger partial charge in [-0.15, -0.1) is 0 Å². The van der Waals surface area contributed by atoms with Gasteiger partial charge in [0.25, 0.3) is 0 Å². The summed E-state index contributed by atoms with van der Waals surface area (Å²) in [5.41, 5.74) is 6.10. The molecule has 31 heavy (non-hydrogen) atoms. The second kappa shape index (κ2) is 7.47. The topological polar surface area (TPSA) is 58.0 Å². The summed E-state index contributed by atoms with van der Waals surface area (Å²) in [4.78, 5) is 10.3. The Morgan fingerprint density at radius 3 is 2.39 bits per heavy atom. The number of nitrogens with zero attached hydrogens (tertiary/aromatic N) is 2. The number of aliphatic hydroxyl groups excluding tert-OH is 1. The van der Waals surface area contributed by atoms with Gasteiger partial charge in [0, 0.05) is 28.8 Å². The van der Waals surface area contributed by atoms with E-state index in [4.69, 9.17) is 33.2 Å². The Morgan fingerprint density at radius 1 is 0.903 bits per heavy atom. The van der Waals surface area contributed by atoms with Gasteiger partial charge in [0.15, 0.2) is 0 Å². The molecule has 6 heteroatoms. The van der Waals surface area contributed by atoms with Gasteiger partial charge in [-0.3, -0.25) is 0 Å². The third-order valence-corrected chi connectivity index (χ3v) is 7.11. The first-order chi connectivity index (χ1) is 15.1. The lowest BCUT2D eigenvalue weighted by Gasteiger charge is -2.22. The Kier molecular flexibility index (Phi) is 4.71. The lowest BCUT2D eigenvalue weighted by atomic mass is 10.0. The molecule has 2 saturated carbocycles. The highest BCUT2D eigenvalue weighted by Crippen LogP contribution is 2.49. The van der Waals surface area contributed by atoms with Gasteiger partial charge in [0.05, 0.1) is 34.3 Å². The summed E-state index contributed by atoms with van der Waals surface area (Å²) >= 11 is 12.7. The summed E-state index contributed by atoms with van der Waals surface area (Å²) in [6.45, 7) is 0. The van der Waals surface area contributed by atoms with Crippen LogP contribution in [0.15, 0.2) is 42.5 Å². The van der Waals surface area contributed by atoms with Crippen LogP contribution in [0.1, 0.15) is 66.1 Å². The molecule has 158 valence electrons. The van der Waals surface area contributed by atoms with Crippen LogP contribution in [-0.4, -0.2) is 21.2 Å². The lowest BCUT2D eigenvalue weighted by molar-refractivity contribution is 0.165. The molecule has 3 aliphatic rings. The van der Waals surface area contributed by atoms with Crippen molar-refractivity contribution in [2.75, 3.05) is 5.32 Å². The standard InChI is InChI=1S/C25H23Cl2N3O/c26-16-9-10-18(19(27)12-16)24-21(13-5-6-13)29-25(22(28-24)14-7-8-14)30-23-17-4-2-1-3-15(17)11-20(23)31/h1-4,9-10,12-14,20,23,31H,5-8,11H2,(H,29,30)/t20-,23+/m0/s1. The molecule has 0 amide bonds. The van der Waals surface area contributed by atoms with Crippen molar-refractivity contribution in [2.24, 2.45) is 0 Å². The van der Waals surface area contributed by atoms with Gasteiger partial charge in [-0.25, -0.2) is 9.97 Å². The Bertz CT molecular complexity index is 1170. The molecule has 2 fully saturated rings. The van der Waals surface area contributed by atoms with Crippen molar-refractivity contribution in [1.82, 2.24) is 9.97 Å². The number of benzene rings is 2. The lowest BCUT2D eigenvalue weighted by Crippen LogP contribution is -2.23. The number of aliphatic hydroxyl groups is 1. The summed E-state index contributed by atoms with van der Waals surface area (Å²) in [6, 6.07) is 13.6. The molecular weight excluding hydrogens is 429 g/mol. The zero-order valence-corrected chi connectivity index (χ0v) is 18.5. The highest BCUT2D eigenvalue weighted by atomic mass is 35.5. The van der Waals surface area contributed by atoms with E-state index in [-0.39, 0.29) is 6.04 Å². The number of rotatable bonds is 5. The highest BCUT2D eigenvalue weighted by molar-refractivity contribution is 6.36. The van der Waals surface area contributed by atoms with Gasteiger partial charge in [-0.05, 0) is 55.0 Å². The van der Waals surface area contributed by atoms with Gasteiger partial charge in [-0.1, -0.05) is 47.5 Å². The minimum absolute atomic E-state index is 0.167. The number of nitrogens with one attached hydrogen (secondary N) is 1.